The molecule has 1 aliphatic carbocycles. The zero-order valence-electron chi connectivity index (χ0n) is 13.6. The van der Waals surface area contributed by atoms with Crippen LogP contribution < -0.4 is 16.0 Å². The Morgan fingerprint density at radius 2 is 1.88 bits per heavy atom. The Morgan fingerprint density at radius 1 is 1.12 bits per heavy atom. The minimum absolute atomic E-state index is 0.219. The minimum atomic E-state index is -0.722. The molecule has 3 N–H and O–H groups in total. The molecule has 132 valence electrons. The summed E-state index contributed by atoms with van der Waals surface area (Å²) in [4.78, 5) is 35.6. The first-order valence-corrected chi connectivity index (χ1v) is 8.43. The second-order valence-electron chi connectivity index (χ2n) is 6.45. The van der Waals surface area contributed by atoms with E-state index >= 15 is 0 Å². The van der Waals surface area contributed by atoms with Gasteiger partial charge in [0.2, 0.25) is 0 Å². The summed E-state index contributed by atoms with van der Waals surface area (Å²) in [6.07, 6.45) is 3.56. The van der Waals surface area contributed by atoms with E-state index in [9.17, 15) is 14.4 Å². The molecule has 1 aromatic rings. The number of carbonyl (C=O) groups is 3. The van der Waals surface area contributed by atoms with Crippen LogP contribution in [-0.2, 0) is 9.47 Å². The van der Waals surface area contributed by atoms with Crippen molar-refractivity contribution in [1.29, 1.82) is 0 Å². The lowest BCUT2D eigenvalue weighted by molar-refractivity contribution is -0.192. The first-order valence-electron chi connectivity index (χ1n) is 8.43. The molecule has 2 heterocycles. The fourth-order valence-corrected chi connectivity index (χ4v) is 3.68. The highest BCUT2D eigenvalue weighted by molar-refractivity contribution is 6.22. The summed E-state index contributed by atoms with van der Waals surface area (Å²) in [5.74, 6) is -1.60. The van der Waals surface area contributed by atoms with E-state index in [0.717, 1.165) is 25.7 Å². The molecule has 2 fully saturated rings. The number of nitrogens with one attached hydrogen (secondary N) is 3. The van der Waals surface area contributed by atoms with Crippen LogP contribution in [0.25, 0.3) is 0 Å². The number of urea groups is 1. The summed E-state index contributed by atoms with van der Waals surface area (Å²) in [6.45, 7) is 1.07. The van der Waals surface area contributed by atoms with Gasteiger partial charge < -0.3 is 20.1 Å². The number of ether oxygens (including phenoxy) is 2. The molecule has 0 radical (unpaired) electrons. The SMILES string of the molecule is O=C(Nc1ccc2c(c1)C(=O)NC2=O)N[C@@H]1CCCCC12OCCO2. The maximum Gasteiger partial charge on any atom is 0.319 e. The Morgan fingerprint density at radius 3 is 2.68 bits per heavy atom. The lowest BCUT2D eigenvalue weighted by Gasteiger charge is -2.39. The Hall–Kier alpha value is -2.45. The monoisotopic (exact) mass is 345 g/mol. The number of rotatable bonds is 2. The number of fused-ring (bicyclic) bond motifs is 1. The molecule has 1 atom stereocenters. The molecule has 1 aromatic carbocycles. The van der Waals surface area contributed by atoms with Crippen molar-refractivity contribution in [3.05, 3.63) is 29.3 Å². The number of imide groups is 1. The van der Waals surface area contributed by atoms with Gasteiger partial charge in [0.1, 0.15) is 0 Å². The third kappa shape index (κ3) is 2.87. The topological polar surface area (TPSA) is 106 Å². The van der Waals surface area contributed by atoms with Gasteiger partial charge in [-0.2, -0.15) is 0 Å². The standard InChI is InChI=1S/C17H19N3O5/c21-14-11-5-4-10(9-12(11)15(22)20-14)18-16(23)19-13-3-1-2-6-17(13)24-7-8-25-17/h4-5,9,13H,1-3,6-8H2,(H2,18,19,23)(H,20,21,22)/t13-/m1/s1. The summed E-state index contributed by atoms with van der Waals surface area (Å²) in [5, 5.41) is 7.85. The molecule has 1 saturated heterocycles. The van der Waals surface area contributed by atoms with Crippen LogP contribution >= 0.6 is 0 Å². The molecule has 25 heavy (non-hydrogen) atoms. The molecule has 8 nitrogen and oxygen atoms in total. The van der Waals surface area contributed by atoms with Crippen LogP contribution in [-0.4, -0.2) is 42.9 Å². The van der Waals surface area contributed by atoms with E-state index in [-0.39, 0.29) is 11.6 Å². The number of hydrogen-bond donors (Lipinski definition) is 3. The predicted octanol–water partition coefficient (Wildman–Crippen LogP) is 1.38. The van der Waals surface area contributed by atoms with Gasteiger partial charge in [0, 0.05) is 12.1 Å². The smallest absolute Gasteiger partial charge is 0.319 e. The maximum absolute atomic E-state index is 12.4. The molecule has 8 heteroatoms. The van der Waals surface area contributed by atoms with Crippen molar-refractivity contribution >= 4 is 23.5 Å². The second kappa shape index (κ2) is 6.12. The van der Waals surface area contributed by atoms with Crippen LogP contribution in [0.1, 0.15) is 46.4 Å². The molecule has 1 saturated carbocycles. The summed E-state index contributed by atoms with van der Waals surface area (Å²) in [5.41, 5.74) is 1.02. The van der Waals surface area contributed by atoms with E-state index < -0.39 is 23.6 Å². The summed E-state index contributed by atoms with van der Waals surface area (Å²) in [7, 11) is 0. The third-order valence-corrected chi connectivity index (χ3v) is 4.87. The molecule has 0 aromatic heterocycles. The van der Waals surface area contributed by atoms with Crippen molar-refractivity contribution in [2.45, 2.75) is 37.5 Å². The van der Waals surface area contributed by atoms with Crippen molar-refractivity contribution in [1.82, 2.24) is 10.6 Å². The number of carbonyl (C=O) groups excluding carboxylic acids is 3. The maximum atomic E-state index is 12.4. The van der Waals surface area contributed by atoms with Gasteiger partial charge in [0.25, 0.3) is 11.8 Å². The van der Waals surface area contributed by atoms with E-state index in [1.165, 1.54) is 12.1 Å². The highest BCUT2D eigenvalue weighted by Crippen LogP contribution is 2.36. The second-order valence-corrected chi connectivity index (χ2v) is 6.45. The number of anilines is 1. The summed E-state index contributed by atoms with van der Waals surface area (Å²) >= 11 is 0. The van der Waals surface area contributed by atoms with Crippen LogP contribution in [0.2, 0.25) is 0 Å². The Kier molecular flexibility index (Phi) is 3.93. The number of benzene rings is 1. The number of amides is 4. The van der Waals surface area contributed by atoms with Crippen molar-refractivity contribution < 1.29 is 23.9 Å². The van der Waals surface area contributed by atoms with E-state index in [4.69, 9.17) is 9.47 Å². The summed E-state index contributed by atoms with van der Waals surface area (Å²) in [6, 6.07) is 4.00. The first-order chi connectivity index (χ1) is 12.1. The Labute approximate surface area is 144 Å². The summed E-state index contributed by atoms with van der Waals surface area (Å²) < 4.78 is 11.6. The quantitative estimate of drug-likeness (QED) is 0.702. The van der Waals surface area contributed by atoms with Gasteiger partial charge in [-0.1, -0.05) is 6.42 Å². The van der Waals surface area contributed by atoms with Crippen LogP contribution in [0.5, 0.6) is 0 Å². The van der Waals surface area contributed by atoms with Crippen LogP contribution in [0.15, 0.2) is 18.2 Å². The van der Waals surface area contributed by atoms with Crippen molar-refractivity contribution in [3.8, 4) is 0 Å². The van der Waals surface area contributed by atoms with Crippen LogP contribution in [0.3, 0.4) is 0 Å². The molecular formula is C17H19N3O5. The Balaban J connectivity index is 1.45. The van der Waals surface area contributed by atoms with Crippen LogP contribution in [0.4, 0.5) is 10.5 Å². The van der Waals surface area contributed by atoms with Crippen LogP contribution in [0, 0.1) is 0 Å². The highest BCUT2D eigenvalue weighted by atomic mass is 16.7. The third-order valence-electron chi connectivity index (χ3n) is 4.87. The fourth-order valence-electron chi connectivity index (χ4n) is 3.68. The van der Waals surface area contributed by atoms with Gasteiger partial charge in [0.05, 0.1) is 30.4 Å². The van der Waals surface area contributed by atoms with Gasteiger partial charge in [-0.05, 0) is 31.0 Å². The first kappa shape index (κ1) is 16.0. The molecule has 2 aliphatic heterocycles. The fraction of sp³-hybridized carbons (Fsp3) is 0.471. The molecular weight excluding hydrogens is 326 g/mol. The zero-order valence-corrected chi connectivity index (χ0v) is 13.6. The van der Waals surface area contributed by atoms with Gasteiger partial charge in [-0.25, -0.2) is 4.79 Å². The molecule has 1 spiro atoms. The van der Waals surface area contributed by atoms with E-state index in [0.29, 0.717) is 24.5 Å². The predicted molar refractivity (Wildman–Crippen MR) is 87.3 cm³/mol. The van der Waals surface area contributed by atoms with Gasteiger partial charge in [-0.15, -0.1) is 0 Å². The molecule has 4 amide bonds. The average Bonchev–Trinajstić information content (AvgIpc) is 3.16. The minimum Gasteiger partial charge on any atom is -0.346 e. The molecule has 0 unspecified atom stereocenters. The van der Waals surface area contributed by atoms with E-state index in [1.807, 2.05) is 0 Å². The largest absolute Gasteiger partial charge is 0.346 e. The number of hydrogen-bond acceptors (Lipinski definition) is 5. The molecule has 0 bridgehead atoms. The average molecular weight is 345 g/mol. The van der Waals surface area contributed by atoms with E-state index in [1.54, 1.807) is 6.07 Å². The lowest BCUT2D eigenvalue weighted by Crippen LogP contribution is -2.56. The van der Waals surface area contributed by atoms with Gasteiger partial charge in [-0.3, -0.25) is 14.9 Å². The lowest BCUT2D eigenvalue weighted by atomic mass is 9.89. The van der Waals surface area contributed by atoms with Gasteiger partial charge in [0.15, 0.2) is 5.79 Å². The Bertz CT molecular complexity index is 742. The van der Waals surface area contributed by atoms with Gasteiger partial charge >= 0.3 is 6.03 Å². The molecule has 3 aliphatic rings. The van der Waals surface area contributed by atoms with Crippen molar-refractivity contribution in [2.75, 3.05) is 18.5 Å². The molecule has 4 rings (SSSR count). The van der Waals surface area contributed by atoms with Crippen molar-refractivity contribution in [2.24, 2.45) is 0 Å². The highest BCUT2D eigenvalue weighted by Gasteiger charge is 2.46. The normalized spacial score (nSPS) is 24.1. The van der Waals surface area contributed by atoms with E-state index in [2.05, 4.69) is 16.0 Å². The van der Waals surface area contributed by atoms with Crippen molar-refractivity contribution in [3.63, 3.8) is 0 Å². The zero-order chi connectivity index (χ0) is 17.4.